The molecule has 3 heterocycles. The van der Waals surface area contributed by atoms with Gasteiger partial charge >= 0.3 is 6.09 Å². The van der Waals surface area contributed by atoms with E-state index < -0.39 is 0 Å². The van der Waals surface area contributed by atoms with Crippen LogP contribution >= 0.6 is 11.3 Å². The van der Waals surface area contributed by atoms with E-state index in [1.807, 2.05) is 37.2 Å². The first-order valence-corrected chi connectivity index (χ1v) is 10.2. The maximum absolute atomic E-state index is 13.3. The average molecular weight is 411 g/mol. The van der Waals surface area contributed by atoms with Crippen molar-refractivity contribution in [1.82, 2.24) is 14.8 Å². The number of carbonyl (C=O) groups excluding carboxylic acids is 2. The Hall–Kier alpha value is -2.94. The van der Waals surface area contributed by atoms with Crippen molar-refractivity contribution in [3.8, 4) is 0 Å². The van der Waals surface area contributed by atoms with Crippen LogP contribution in [-0.2, 0) is 4.74 Å². The van der Waals surface area contributed by atoms with Crippen LogP contribution < -0.4 is 4.90 Å². The fourth-order valence-corrected chi connectivity index (χ4v) is 5.56. The van der Waals surface area contributed by atoms with Gasteiger partial charge in [-0.05, 0) is 12.1 Å². The number of carbonyl (C=O) groups is 2. The molecule has 2 aromatic heterocycles. The molecule has 0 spiro atoms. The van der Waals surface area contributed by atoms with Crippen LogP contribution in [0.25, 0.3) is 10.2 Å². The summed E-state index contributed by atoms with van der Waals surface area (Å²) in [5.74, 6) is -0.0880. The maximum atomic E-state index is 13.3. The van der Waals surface area contributed by atoms with E-state index in [4.69, 9.17) is 10.1 Å². The Labute approximate surface area is 171 Å². The number of thiophene rings is 1. The molecule has 2 fully saturated rings. The minimum Gasteiger partial charge on any atom is -0.443 e. The van der Waals surface area contributed by atoms with Crippen molar-refractivity contribution >= 4 is 45.6 Å². The zero-order valence-electron chi connectivity index (χ0n) is 16.3. The van der Waals surface area contributed by atoms with Crippen molar-refractivity contribution in [2.75, 3.05) is 26.0 Å². The van der Waals surface area contributed by atoms with E-state index >= 15 is 0 Å². The molecule has 5 unspecified atom stereocenters. The Morgan fingerprint density at radius 1 is 1.38 bits per heavy atom. The van der Waals surface area contributed by atoms with Gasteiger partial charge in [-0.2, -0.15) is 0 Å². The molecule has 2 aliphatic carbocycles. The number of ether oxygens (including phenoxy) is 1. The Bertz CT molecular complexity index is 1060. The minimum atomic E-state index is -0.338. The molecular formula is C20H21N5O3S. The molecule has 0 aromatic carbocycles. The van der Waals surface area contributed by atoms with E-state index in [1.165, 1.54) is 16.2 Å². The van der Waals surface area contributed by atoms with Gasteiger partial charge in [-0.15, -0.1) is 11.3 Å². The highest BCUT2D eigenvalue weighted by molar-refractivity contribution is 7.20. The molecule has 0 bridgehead atoms. The number of anilines is 1. The summed E-state index contributed by atoms with van der Waals surface area (Å²) in [6.07, 6.45) is 6.26. The van der Waals surface area contributed by atoms with E-state index in [0.29, 0.717) is 4.88 Å². The fourth-order valence-electron chi connectivity index (χ4n) is 4.60. The number of amides is 2. The molecule has 2 amide bonds. The smallest absolute Gasteiger partial charge is 0.410 e. The van der Waals surface area contributed by atoms with E-state index in [9.17, 15) is 9.59 Å². The third kappa shape index (κ3) is 2.57. The zero-order chi connectivity index (χ0) is 20.4. The first-order valence-electron chi connectivity index (χ1n) is 9.43. The maximum Gasteiger partial charge on any atom is 0.410 e. The van der Waals surface area contributed by atoms with Crippen molar-refractivity contribution in [3.63, 3.8) is 0 Å². The molecular weight excluding hydrogens is 390 g/mol. The van der Waals surface area contributed by atoms with Gasteiger partial charge in [0.1, 0.15) is 10.9 Å². The Kier molecular flexibility index (Phi) is 3.92. The molecule has 9 heteroatoms. The number of likely N-dealkylation sites (N-methyl/N-ethyl adjacent to an activating group) is 1. The van der Waals surface area contributed by atoms with Gasteiger partial charge in [0, 0.05) is 50.2 Å². The summed E-state index contributed by atoms with van der Waals surface area (Å²) in [5, 5.41) is 8.82. The second-order valence-corrected chi connectivity index (χ2v) is 8.91. The van der Waals surface area contributed by atoms with Crippen LogP contribution in [0.4, 0.5) is 10.5 Å². The standard InChI is InChI=1S/C20H21N5O3S/c1-23(2)12-6-7-22-18-11(12)8-14(29-18)19(26)25(9-21)16-10-4-5-13-17(15(10)16)28-20(27)24(13)3/h4-10,13,15-17,21H,1-3H3. The molecule has 1 saturated heterocycles. The molecule has 1 aliphatic heterocycles. The summed E-state index contributed by atoms with van der Waals surface area (Å²) in [7, 11) is 5.63. The van der Waals surface area contributed by atoms with Gasteiger partial charge in [-0.25, -0.2) is 9.78 Å². The van der Waals surface area contributed by atoms with Crippen molar-refractivity contribution in [1.29, 1.82) is 5.41 Å². The van der Waals surface area contributed by atoms with Gasteiger partial charge in [-0.1, -0.05) is 12.2 Å². The number of hydrogen-bond acceptors (Lipinski definition) is 7. The zero-order valence-corrected chi connectivity index (χ0v) is 17.1. The van der Waals surface area contributed by atoms with Crippen LogP contribution in [0, 0.1) is 17.2 Å². The Morgan fingerprint density at radius 2 is 2.17 bits per heavy atom. The molecule has 29 heavy (non-hydrogen) atoms. The normalized spacial score (nSPS) is 29.3. The Balaban J connectivity index is 1.44. The van der Waals surface area contributed by atoms with Gasteiger partial charge in [0.05, 0.1) is 23.3 Å². The van der Waals surface area contributed by atoms with E-state index in [-0.39, 0.29) is 42.0 Å². The molecule has 2 aromatic rings. The van der Waals surface area contributed by atoms with Crippen LogP contribution in [0.1, 0.15) is 9.67 Å². The predicted octanol–water partition coefficient (Wildman–Crippen LogP) is 2.42. The largest absolute Gasteiger partial charge is 0.443 e. The third-order valence-corrected chi connectivity index (χ3v) is 7.14. The van der Waals surface area contributed by atoms with E-state index in [0.717, 1.165) is 22.2 Å². The summed E-state index contributed by atoms with van der Waals surface area (Å²) in [5.41, 5.74) is 0.999. The lowest BCUT2D eigenvalue weighted by Gasteiger charge is -2.21. The summed E-state index contributed by atoms with van der Waals surface area (Å²) in [4.78, 5) is 36.0. The quantitative estimate of drug-likeness (QED) is 0.474. The second kappa shape index (κ2) is 6.28. The van der Waals surface area contributed by atoms with E-state index in [1.54, 1.807) is 18.1 Å². The number of aromatic nitrogens is 1. The highest BCUT2D eigenvalue weighted by Crippen LogP contribution is 2.53. The monoisotopic (exact) mass is 411 g/mol. The van der Waals surface area contributed by atoms with Crippen molar-refractivity contribution in [3.05, 3.63) is 35.4 Å². The SMILES string of the molecule is CN(C)c1ccnc2sc(C(=O)N(C=N)C3C4C=CC5C(OC(=O)N5C)C43)cc12. The molecule has 150 valence electrons. The highest BCUT2D eigenvalue weighted by Gasteiger charge is 2.64. The molecule has 0 radical (unpaired) electrons. The van der Waals surface area contributed by atoms with Gasteiger partial charge in [0.25, 0.3) is 5.91 Å². The summed E-state index contributed by atoms with van der Waals surface area (Å²) >= 11 is 1.34. The van der Waals surface area contributed by atoms with Crippen LogP contribution in [0.5, 0.6) is 0 Å². The van der Waals surface area contributed by atoms with Crippen LogP contribution in [0.2, 0.25) is 0 Å². The molecule has 8 nitrogen and oxygen atoms in total. The molecule has 1 N–H and O–H groups in total. The number of nitrogens with one attached hydrogen (secondary N) is 1. The van der Waals surface area contributed by atoms with Crippen LogP contribution in [0.15, 0.2) is 30.5 Å². The molecule has 5 rings (SSSR count). The summed E-state index contributed by atoms with van der Waals surface area (Å²) in [6, 6.07) is 3.50. The first-order chi connectivity index (χ1) is 13.9. The number of hydrogen-bond donors (Lipinski definition) is 1. The van der Waals surface area contributed by atoms with Gasteiger partial charge in [0.2, 0.25) is 0 Å². The lowest BCUT2D eigenvalue weighted by Crippen LogP contribution is -2.37. The third-order valence-electron chi connectivity index (χ3n) is 6.11. The molecule has 1 saturated carbocycles. The van der Waals surface area contributed by atoms with Crippen molar-refractivity contribution in [2.24, 2.45) is 11.8 Å². The molecule has 5 atom stereocenters. The second-order valence-electron chi connectivity index (χ2n) is 7.88. The minimum absolute atomic E-state index is 0.0225. The van der Waals surface area contributed by atoms with Gasteiger partial charge in [0.15, 0.2) is 0 Å². The van der Waals surface area contributed by atoms with Crippen molar-refractivity contribution < 1.29 is 14.3 Å². The first kappa shape index (κ1) is 18.1. The van der Waals surface area contributed by atoms with Gasteiger partial charge < -0.3 is 14.5 Å². The van der Waals surface area contributed by atoms with E-state index in [2.05, 4.69) is 11.1 Å². The number of nitrogens with zero attached hydrogens (tertiary/aromatic N) is 4. The predicted molar refractivity (Wildman–Crippen MR) is 111 cm³/mol. The summed E-state index contributed by atoms with van der Waals surface area (Å²) in [6.45, 7) is 0. The topological polar surface area (TPSA) is 89.8 Å². The fraction of sp³-hybridized carbons (Fsp3) is 0.400. The van der Waals surface area contributed by atoms with Crippen molar-refractivity contribution in [2.45, 2.75) is 18.2 Å². The Morgan fingerprint density at radius 3 is 2.90 bits per heavy atom. The average Bonchev–Trinajstić information content (AvgIpc) is 3.12. The van der Waals surface area contributed by atoms with Gasteiger partial charge in [-0.3, -0.25) is 15.1 Å². The van der Waals surface area contributed by atoms with Crippen LogP contribution in [0.3, 0.4) is 0 Å². The highest BCUT2D eigenvalue weighted by atomic mass is 32.1. The summed E-state index contributed by atoms with van der Waals surface area (Å²) < 4.78 is 5.54. The molecule has 3 aliphatic rings. The number of rotatable bonds is 4. The van der Waals surface area contributed by atoms with Crippen LogP contribution in [-0.4, -0.2) is 72.5 Å². The number of pyridine rings is 1. The lowest BCUT2D eigenvalue weighted by atomic mass is 9.99. The lowest BCUT2D eigenvalue weighted by molar-refractivity contribution is 0.0821. The number of fused-ring (bicyclic) bond motifs is 4.